The van der Waals surface area contributed by atoms with Gasteiger partial charge in [-0.25, -0.2) is 4.39 Å². The molecule has 0 aliphatic carbocycles. The Labute approximate surface area is 120 Å². The number of benzene rings is 1. The molecule has 21 heavy (non-hydrogen) atoms. The van der Waals surface area contributed by atoms with E-state index in [1.165, 1.54) is 6.92 Å². The summed E-state index contributed by atoms with van der Waals surface area (Å²) in [4.78, 5) is 31.9. The molecule has 0 aliphatic heterocycles. The summed E-state index contributed by atoms with van der Waals surface area (Å²) in [6, 6.07) is 4.28. The first-order valence-corrected chi connectivity index (χ1v) is 7.92. The minimum Gasteiger partial charge on any atom is -0.481 e. The zero-order chi connectivity index (χ0) is 16.2. The van der Waals surface area contributed by atoms with Crippen LogP contribution in [0.25, 0.3) is 0 Å². The van der Waals surface area contributed by atoms with E-state index >= 15 is 0 Å². The molecule has 0 radical (unpaired) electrons. The molecular weight excluding hydrogens is 302 g/mol. The largest absolute Gasteiger partial charge is 0.481 e. The van der Waals surface area contributed by atoms with Gasteiger partial charge in [0.25, 0.3) is 0 Å². The highest BCUT2D eigenvalue weighted by atomic mass is 31.2. The molecule has 116 valence electrons. The predicted octanol–water partition coefficient (Wildman–Crippen LogP) is 1.68. The lowest BCUT2D eigenvalue weighted by atomic mass is 10.0. The number of halogens is 1. The van der Waals surface area contributed by atoms with Crippen LogP contribution < -0.4 is 5.30 Å². The number of aliphatic carboxylic acids is 2. The Hall–Kier alpha value is -1.72. The Kier molecular flexibility index (Phi) is 5.63. The van der Waals surface area contributed by atoms with Gasteiger partial charge in [0.05, 0.1) is 11.6 Å². The maximum absolute atomic E-state index is 12.8. The van der Waals surface area contributed by atoms with Crippen molar-refractivity contribution in [1.29, 1.82) is 0 Å². The third kappa shape index (κ3) is 4.37. The summed E-state index contributed by atoms with van der Waals surface area (Å²) in [6.07, 6.45) is -0.664. The van der Waals surface area contributed by atoms with Crippen LogP contribution in [-0.4, -0.2) is 32.7 Å². The number of carboxylic acid groups (broad SMARTS) is 2. The molecule has 0 spiro atoms. The van der Waals surface area contributed by atoms with Gasteiger partial charge in [0.15, 0.2) is 0 Å². The Bertz CT molecular complexity index is 571. The summed E-state index contributed by atoms with van der Waals surface area (Å²) in [5, 5.41) is 17.7. The third-order valence-electron chi connectivity index (χ3n) is 3.32. The summed E-state index contributed by atoms with van der Waals surface area (Å²) in [5.74, 6) is -4.36. The van der Waals surface area contributed by atoms with E-state index in [-0.39, 0.29) is 11.7 Å². The molecule has 0 saturated carbocycles. The molecule has 0 aromatic heterocycles. The Morgan fingerprint density at radius 3 is 2.19 bits per heavy atom. The molecule has 3 atom stereocenters. The summed E-state index contributed by atoms with van der Waals surface area (Å²) >= 11 is 0. The predicted molar refractivity (Wildman–Crippen MR) is 73.3 cm³/mol. The molecular formula is C13H16FO6P. The Balaban J connectivity index is 3.03. The Morgan fingerprint density at radius 1 is 1.24 bits per heavy atom. The first-order valence-electron chi connectivity index (χ1n) is 6.19. The van der Waals surface area contributed by atoms with Gasteiger partial charge >= 0.3 is 11.9 Å². The summed E-state index contributed by atoms with van der Waals surface area (Å²) in [5.41, 5.74) is -1.18. The number of hydrogen-bond donors (Lipinski definition) is 3. The fraction of sp³-hybridized carbons (Fsp3) is 0.385. The normalized spacial score (nSPS) is 16.7. The smallest absolute Gasteiger partial charge is 0.307 e. The van der Waals surface area contributed by atoms with Crippen molar-refractivity contribution in [3.05, 3.63) is 30.1 Å². The van der Waals surface area contributed by atoms with Crippen LogP contribution in [0, 0.1) is 11.7 Å². The van der Waals surface area contributed by atoms with Crippen molar-refractivity contribution in [3.8, 4) is 0 Å². The molecule has 0 fully saturated rings. The van der Waals surface area contributed by atoms with E-state index in [0.29, 0.717) is 0 Å². The monoisotopic (exact) mass is 318 g/mol. The topological polar surface area (TPSA) is 112 Å². The quantitative estimate of drug-likeness (QED) is 0.659. The maximum Gasteiger partial charge on any atom is 0.307 e. The highest BCUT2D eigenvalue weighted by molar-refractivity contribution is 7.66. The fourth-order valence-electron chi connectivity index (χ4n) is 1.98. The fourth-order valence-corrected chi connectivity index (χ4v) is 3.79. The standard InChI is InChI=1S/C13H16FO6P/c1-8(11(13(17)18)6-7-12(15)16)21(19,20)10-4-2-9(14)3-5-10/h2-5,8,11H,6-7H2,1H3,(H,15,16)(H,17,18)(H,19,20). The van der Waals surface area contributed by atoms with Crippen molar-refractivity contribution in [2.24, 2.45) is 5.92 Å². The number of carbonyl (C=O) groups is 2. The van der Waals surface area contributed by atoms with Crippen LogP contribution in [0.4, 0.5) is 4.39 Å². The van der Waals surface area contributed by atoms with Gasteiger partial charge in [0.2, 0.25) is 7.37 Å². The second-order valence-corrected chi connectivity index (χ2v) is 7.29. The van der Waals surface area contributed by atoms with Crippen molar-refractivity contribution in [1.82, 2.24) is 0 Å². The van der Waals surface area contributed by atoms with Gasteiger partial charge in [0.1, 0.15) is 5.82 Å². The average Bonchev–Trinajstić information content (AvgIpc) is 2.38. The van der Waals surface area contributed by atoms with Crippen molar-refractivity contribution < 1.29 is 33.7 Å². The molecule has 1 aromatic carbocycles. The lowest BCUT2D eigenvalue weighted by molar-refractivity contribution is -0.142. The molecule has 0 amide bonds. The second-order valence-electron chi connectivity index (χ2n) is 4.72. The highest BCUT2D eigenvalue weighted by Gasteiger charge is 2.39. The molecule has 0 bridgehead atoms. The number of hydrogen-bond acceptors (Lipinski definition) is 3. The summed E-state index contributed by atoms with van der Waals surface area (Å²) in [7, 11) is -4.07. The molecule has 3 N–H and O–H groups in total. The van der Waals surface area contributed by atoms with E-state index < -0.39 is 43.1 Å². The van der Waals surface area contributed by atoms with E-state index in [1.54, 1.807) is 0 Å². The van der Waals surface area contributed by atoms with Crippen molar-refractivity contribution in [2.45, 2.75) is 25.4 Å². The first kappa shape index (κ1) is 17.3. The third-order valence-corrected chi connectivity index (χ3v) is 5.82. The van der Waals surface area contributed by atoms with Gasteiger partial charge in [-0.2, -0.15) is 0 Å². The van der Waals surface area contributed by atoms with Crippen molar-refractivity contribution in [2.75, 3.05) is 0 Å². The molecule has 3 unspecified atom stereocenters. The molecule has 0 heterocycles. The number of carboxylic acids is 2. The van der Waals surface area contributed by atoms with E-state index in [9.17, 15) is 23.4 Å². The van der Waals surface area contributed by atoms with Gasteiger partial charge in [-0.1, -0.05) is 6.92 Å². The highest BCUT2D eigenvalue weighted by Crippen LogP contribution is 2.49. The van der Waals surface area contributed by atoms with Crippen LogP contribution in [0.1, 0.15) is 19.8 Å². The van der Waals surface area contributed by atoms with Crippen molar-refractivity contribution in [3.63, 3.8) is 0 Å². The van der Waals surface area contributed by atoms with E-state index in [4.69, 9.17) is 10.2 Å². The van der Waals surface area contributed by atoms with Gasteiger partial charge in [0, 0.05) is 11.7 Å². The van der Waals surface area contributed by atoms with E-state index in [0.717, 1.165) is 24.3 Å². The molecule has 0 saturated heterocycles. The minimum absolute atomic E-state index is 0.0574. The zero-order valence-electron chi connectivity index (χ0n) is 11.3. The minimum atomic E-state index is -4.07. The molecule has 8 heteroatoms. The van der Waals surface area contributed by atoms with Crippen LogP contribution >= 0.6 is 7.37 Å². The van der Waals surface area contributed by atoms with Gasteiger partial charge in [-0.3, -0.25) is 14.2 Å². The molecule has 1 aromatic rings. The van der Waals surface area contributed by atoms with Crippen LogP contribution in [0.2, 0.25) is 0 Å². The van der Waals surface area contributed by atoms with Crippen molar-refractivity contribution >= 4 is 24.6 Å². The van der Waals surface area contributed by atoms with E-state index in [1.807, 2.05) is 0 Å². The summed E-state index contributed by atoms with van der Waals surface area (Å²) in [6.45, 7) is 1.28. The lowest BCUT2D eigenvalue weighted by Crippen LogP contribution is -2.29. The summed E-state index contributed by atoms with van der Waals surface area (Å²) < 4.78 is 25.3. The Morgan fingerprint density at radius 2 is 1.76 bits per heavy atom. The van der Waals surface area contributed by atoms with Gasteiger partial charge < -0.3 is 15.1 Å². The van der Waals surface area contributed by atoms with Gasteiger partial charge in [-0.15, -0.1) is 0 Å². The molecule has 1 rings (SSSR count). The van der Waals surface area contributed by atoms with Crippen LogP contribution in [0.3, 0.4) is 0 Å². The van der Waals surface area contributed by atoms with Crippen LogP contribution in [-0.2, 0) is 14.2 Å². The van der Waals surface area contributed by atoms with Crippen LogP contribution in [0.15, 0.2) is 24.3 Å². The lowest BCUT2D eigenvalue weighted by Gasteiger charge is -2.25. The zero-order valence-corrected chi connectivity index (χ0v) is 12.2. The molecule has 6 nitrogen and oxygen atoms in total. The average molecular weight is 318 g/mol. The van der Waals surface area contributed by atoms with Crippen LogP contribution in [0.5, 0.6) is 0 Å². The van der Waals surface area contributed by atoms with Gasteiger partial charge in [-0.05, 0) is 30.7 Å². The first-order chi connectivity index (χ1) is 9.66. The number of rotatable bonds is 7. The maximum atomic E-state index is 12.8. The van der Waals surface area contributed by atoms with E-state index in [2.05, 4.69) is 0 Å². The SMILES string of the molecule is CC(C(CCC(=O)O)C(=O)O)P(=O)(O)c1ccc(F)cc1. The second kappa shape index (κ2) is 6.83. The molecule has 0 aliphatic rings.